The second kappa shape index (κ2) is 9.14. The molecule has 0 spiro atoms. The molecular weight excluding hydrogens is 513 g/mol. The average Bonchev–Trinajstić information content (AvgIpc) is 2.69. The van der Waals surface area contributed by atoms with E-state index in [1.54, 1.807) is 29.2 Å². The van der Waals surface area contributed by atoms with Gasteiger partial charge >= 0.3 is 0 Å². The quantitative estimate of drug-likeness (QED) is 0.403. The molecule has 30 heavy (non-hydrogen) atoms. The van der Waals surface area contributed by atoms with Crippen molar-refractivity contribution in [1.82, 2.24) is 0 Å². The maximum Gasteiger partial charge on any atom is 0.294 e. The van der Waals surface area contributed by atoms with E-state index in [4.69, 9.17) is 11.6 Å². The summed E-state index contributed by atoms with van der Waals surface area (Å²) in [5.74, 6) is -0.405. The molecule has 1 atom stereocenters. The Labute approximate surface area is 197 Å². The molecule has 1 aliphatic heterocycles. The minimum atomic E-state index is -0.783. The van der Waals surface area contributed by atoms with Crippen molar-refractivity contribution in [3.63, 3.8) is 0 Å². The van der Waals surface area contributed by atoms with Crippen LogP contribution >= 0.6 is 11.6 Å². The molecule has 1 N–H and O–H groups in total. The van der Waals surface area contributed by atoms with Gasteiger partial charge in [-0.2, -0.15) is 4.57 Å². The SMILES string of the molecule is Cc1ccc(N2C(=O)C[n+]3ccccc3C2C(=O)Nc2ccc(Cl)cc2)c(C)c1.[I-]. The van der Waals surface area contributed by atoms with Gasteiger partial charge in [0.1, 0.15) is 0 Å². The van der Waals surface area contributed by atoms with E-state index in [2.05, 4.69) is 5.32 Å². The van der Waals surface area contributed by atoms with Crippen LogP contribution in [0, 0.1) is 13.8 Å². The number of pyridine rings is 1. The van der Waals surface area contributed by atoms with Crippen molar-refractivity contribution < 1.29 is 38.1 Å². The maximum absolute atomic E-state index is 13.4. The number of rotatable bonds is 3. The number of amides is 2. The lowest BCUT2D eigenvalue weighted by atomic mass is 10.0. The fourth-order valence-electron chi connectivity index (χ4n) is 3.72. The van der Waals surface area contributed by atoms with Gasteiger partial charge in [-0.05, 0) is 49.7 Å². The molecule has 0 saturated carbocycles. The highest BCUT2D eigenvalue weighted by molar-refractivity contribution is 6.30. The van der Waals surface area contributed by atoms with Gasteiger partial charge in [0.25, 0.3) is 11.8 Å². The Bertz CT molecular complexity index is 1100. The van der Waals surface area contributed by atoms with Crippen molar-refractivity contribution in [2.24, 2.45) is 0 Å². The number of halogens is 2. The lowest BCUT2D eigenvalue weighted by Gasteiger charge is -2.33. The van der Waals surface area contributed by atoms with E-state index in [1.165, 1.54) is 0 Å². The number of carbonyl (C=O) groups is 2. The highest BCUT2D eigenvalue weighted by atomic mass is 127. The largest absolute Gasteiger partial charge is 1.00 e. The Hall–Kier alpha value is -2.45. The Morgan fingerprint density at radius 3 is 2.53 bits per heavy atom. The van der Waals surface area contributed by atoms with Gasteiger partial charge in [-0.15, -0.1) is 0 Å². The molecule has 1 unspecified atom stereocenters. The van der Waals surface area contributed by atoms with Crippen LogP contribution in [0.3, 0.4) is 0 Å². The minimum absolute atomic E-state index is 0. The second-order valence-corrected chi connectivity index (χ2v) is 7.64. The summed E-state index contributed by atoms with van der Waals surface area (Å²) in [5, 5.41) is 3.52. The van der Waals surface area contributed by atoms with E-state index in [0.717, 1.165) is 22.5 Å². The number of nitrogens with zero attached hydrogens (tertiary/aromatic N) is 2. The van der Waals surface area contributed by atoms with Crippen LogP contribution in [0.2, 0.25) is 5.02 Å². The number of anilines is 2. The second-order valence-electron chi connectivity index (χ2n) is 7.21. The van der Waals surface area contributed by atoms with E-state index in [1.807, 2.05) is 61.0 Å². The van der Waals surface area contributed by atoms with E-state index in [-0.39, 0.29) is 42.3 Å². The summed E-state index contributed by atoms with van der Waals surface area (Å²) in [4.78, 5) is 28.1. The molecule has 2 heterocycles. The van der Waals surface area contributed by atoms with Crippen LogP contribution in [0.25, 0.3) is 0 Å². The van der Waals surface area contributed by atoms with Crippen LogP contribution in [0.1, 0.15) is 22.9 Å². The smallest absolute Gasteiger partial charge is 0.294 e. The molecule has 3 aromatic rings. The molecule has 7 heteroatoms. The fraction of sp³-hybridized carbons (Fsp3) is 0.174. The van der Waals surface area contributed by atoms with Crippen LogP contribution in [0.15, 0.2) is 66.9 Å². The van der Waals surface area contributed by atoms with Gasteiger partial charge < -0.3 is 29.3 Å². The first-order valence-electron chi connectivity index (χ1n) is 9.38. The summed E-state index contributed by atoms with van der Waals surface area (Å²) in [6, 6.07) is 17.6. The van der Waals surface area contributed by atoms with Crippen LogP contribution in [0.4, 0.5) is 11.4 Å². The Balaban J connectivity index is 0.00000256. The number of hydrogen-bond acceptors (Lipinski definition) is 2. The van der Waals surface area contributed by atoms with Gasteiger partial charge in [-0.25, -0.2) is 0 Å². The van der Waals surface area contributed by atoms with E-state index in [9.17, 15) is 9.59 Å². The van der Waals surface area contributed by atoms with Crippen LogP contribution in [0.5, 0.6) is 0 Å². The van der Waals surface area contributed by atoms with Crippen molar-refractivity contribution >= 4 is 34.8 Å². The first kappa shape index (κ1) is 22.2. The van der Waals surface area contributed by atoms with Crippen molar-refractivity contribution in [2.45, 2.75) is 26.4 Å². The molecule has 4 rings (SSSR count). The molecule has 2 aromatic carbocycles. The van der Waals surface area contributed by atoms with E-state index >= 15 is 0 Å². The van der Waals surface area contributed by atoms with Crippen molar-refractivity contribution in [3.8, 4) is 0 Å². The first-order chi connectivity index (χ1) is 13.9. The minimum Gasteiger partial charge on any atom is -1.00 e. The third kappa shape index (κ3) is 4.34. The molecule has 0 radical (unpaired) electrons. The summed E-state index contributed by atoms with van der Waals surface area (Å²) >= 11 is 5.95. The topological polar surface area (TPSA) is 53.3 Å². The summed E-state index contributed by atoms with van der Waals surface area (Å²) in [7, 11) is 0. The molecular formula is C23H21ClIN3O2. The number of aryl methyl sites for hydroxylation is 2. The number of nitrogens with one attached hydrogen (secondary N) is 1. The maximum atomic E-state index is 13.4. The summed E-state index contributed by atoms with van der Waals surface area (Å²) in [5.41, 5.74) is 4.19. The zero-order valence-corrected chi connectivity index (χ0v) is 19.5. The van der Waals surface area contributed by atoms with Gasteiger partial charge in [0.2, 0.25) is 18.3 Å². The number of hydrogen-bond donors (Lipinski definition) is 1. The molecule has 0 saturated heterocycles. The van der Waals surface area contributed by atoms with E-state index in [0.29, 0.717) is 10.7 Å². The first-order valence-corrected chi connectivity index (χ1v) is 9.76. The van der Waals surface area contributed by atoms with Crippen LogP contribution < -0.4 is 38.8 Å². The number of aromatic nitrogens is 1. The monoisotopic (exact) mass is 533 g/mol. The normalized spacial score (nSPS) is 15.2. The third-order valence-electron chi connectivity index (χ3n) is 5.06. The predicted octanol–water partition coefficient (Wildman–Crippen LogP) is 0.975. The molecule has 0 bridgehead atoms. The van der Waals surface area contributed by atoms with Crippen molar-refractivity contribution in [2.75, 3.05) is 10.2 Å². The molecule has 0 fully saturated rings. The zero-order valence-electron chi connectivity index (χ0n) is 16.6. The van der Waals surface area contributed by atoms with Crippen LogP contribution in [-0.2, 0) is 16.1 Å². The highest BCUT2D eigenvalue weighted by Crippen LogP contribution is 2.32. The van der Waals surface area contributed by atoms with Crippen LogP contribution in [-0.4, -0.2) is 11.8 Å². The lowest BCUT2D eigenvalue weighted by Crippen LogP contribution is -3.00. The van der Waals surface area contributed by atoms with Gasteiger partial charge in [0.15, 0.2) is 6.20 Å². The fourth-order valence-corrected chi connectivity index (χ4v) is 3.85. The molecule has 1 aliphatic rings. The van der Waals surface area contributed by atoms with Gasteiger partial charge in [0.05, 0.1) is 0 Å². The van der Waals surface area contributed by atoms with Crippen molar-refractivity contribution in [3.05, 3.63) is 88.7 Å². The predicted molar refractivity (Wildman–Crippen MR) is 113 cm³/mol. The zero-order chi connectivity index (χ0) is 20.5. The highest BCUT2D eigenvalue weighted by Gasteiger charge is 2.44. The van der Waals surface area contributed by atoms with Crippen molar-refractivity contribution in [1.29, 1.82) is 0 Å². The standard InChI is InChI=1S/C23H20ClN3O2.HI/c1-15-6-11-19(16(2)13-15)27-21(28)14-26-12-4-3-5-20(26)22(27)23(29)25-18-9-7-17(24)8-10-18;/h3-13,22H,14H2,1-2H3;1H. The summed E-state index contributed by atoms with van der Waals surface area (Å²) in [6.45, 7) is 4.15. The molecule has 5 nitrogen and oxygen atoms in total. The molecule has 0 aliphatic carbocycles. The van der Waals surface area contributed by atoms with E-state index < -0.39 is 6.04 Å². The van der Waals surface area contributed by atoms with Gasteiger partial charge in [-0.1, -0.05) is 35.4 Å². The third-order valence-corrected chi connectivity index (χ3v) is 5.31. The number of fused-ring (bicyclic) bond motifs is 1. The molecule has 2 amide bonds. The van der Waals surface area contributed by atoms with Gasteiger partial charge in [-0.3, -0.25) is 14.5 Å². The average molecular weight is 534 g/mol. The lowest BCUT2D eigenvalue weighted by molar-refractivity contribution is -0.695. The Morgan fingerprint density at radius 1 is 1.10 bits per heavy atom. The molecule has 154 valence electrons. The molecule has 1 aromatic heterocycles. The number of benzene rings is 2. The summed E-state index contributed by atoms with van der Waals surface area (Å²) < 4.78 is 1.83. The van der Waals surface area contributed by atoms with Gasteiger partial charge in [0, 0.05) is 28.5 Å². The Morgan fingerprint density at radius 2 is 1.83 bits per heavy atom. The summed E-state index contributed by atoms with van der Waals surface area (Å²) in [6.07, 6.45) is 1.83. The Kier molecular flexibility index (Phi) is 6.77. The number of carbonyl (C=O) groups excluding carboxylic acids is 2.